The Labute approximate surface area is 114 Å². The molecule has 1 aliphatic heterocycles. The van der Waals surface area contributed by atoms with E-state index in [-0.39, 0.29) is 6.17 Å². The lowest BCUT2D eigenvalue weighted by Gasteiger charge is -2.21. The molecule has 3 aromatic rings. The van der Waals surface area contributed by atoms with Crippen LogP contribution < -0.4 is 11.1 Å². The molecule has 0 bridgehead atoms. The SMILES string of the molecule is Cc1ccc([C@@H]2N=C(N)Nc3nc4ccccc4n32)o1. The number of imidazole rings is 1. The van der Waals surface area contributed by atoms with Crippen molar-refractivity contribution in [2.24, 2.45) is 10.7 Å². The van der Waals surface area contributed by atoms with E-state index < -0.39 is 0 Å². The summed E-state index contributed by atoms with van der Waals surface area (Å²) in [6.45, 7) is 1.91. The summed E-state index contributed by atoms with van der Waals surface area (Å²) in [4.78, 5) is 8.98. The third-order valence-electron chi connectivity index (χ3n) is 3.36. The molecule has 6 heteroatoms. The van der Waals surface area contributed by atoms with Gasteiger partial charge in [0.25, 0.3) is 0 Å². The molecule has 3 heterocycles. The first-order chi connectivity index (χ1) is 9.72. The van der Waals surface area contributed by atoms with Crippen LogP contribution in [0.2, 0.25) is 0 Å². The zero-order valence-electron chi connectivity index (χ0n) is 10.9. The maximum absolute atomic E-state index is 5.85. The summed E-state index contributed by atoms with van der Waals surface area (Å²) in [7, 11) is 0. The first kappa shape index (κ1) is 11.1. The fourth-order valence-electron chi connectivity index (χ4n) is 2.50. The number of furan rings is 1. The molecule has 0 radical (unpaired) electrons. The van der Waals surface area contributed by atoms with Gasteiger partial charge in [-0.1, -0.05) is 12.1 Å². The van der Waals surface area contributed by atoms with Gasteiger partial charge in [-0.3, -0.25) is 9.88 Å². The maximum Gasteiger partial charge on any atom is 0.212 e. The molecule has 0 amide bonds. The van der Waals surface area contributed by atoms with E-state index in [4.69, 9.17) is 10.2 Å². The molecule has 1 aliphatic rings. The monoisotopic (exact) mass is 267 g/mol. The number of para-hydroxylation sites is 2. The molecule has 1 atom stereocenters. The van der Waals surface area contributed by atoms with Gasteiger partial charge >= 0.3 is 0 Å². The number of aryl methyl sites for hydroxylation is 1. The molecule has 2 aromatic heterocycles. The Morgan fingerprint density at radius 1 is 1.25 bits per heavy atom. The fourth-order valence-corrected chi connectivity index (χ4v) is 2.50. The highest BCUT2D eigenvalue weighted by Crippen LogP contribution is 2.32. The van der Waals surface area contributed by atoms with E-state index in [0.717, 1.165) is 22.6 Å². The van der Waals surface area contributed by atoms with Crippen molar-refractivity contribution >= 4 is 22.9 Å². The van der Waals surface area contributed by atoms with E-state index in [0.29, 0.717) is 11.9 Å². The summed E-state index contributed by atoms with van der Waals surface area (Å²) in [5.41, 5.74) is 7.74. The lowest BCUT2D eigenvalue weighted by Crippen LogP contribution is -2.31. The predicted octanol–water partition coefficient (Wildman–Crippen LogP) is 2.22. The van der Waals surface area contributed by atoms with Crippen LogP contribution in [0.25, 0.3) is 11.0 Å². The summed E-state index contributed by atoms with van der Waals surface area (Å²) >= 11 is 0. The number of guanidine groups is 1. The van der Waals surface area contributed by atoms with Crippen LogP contribution in [0.4, 0.5) is 5.95 Å². The highest BCUT2D eigenvalue weighted by Gasteiger charge is 2.26. The summed E-state index contributed by atoms with van der Waals surface area (Å²) < 4.78 is 7.70. The van der Waals surface area contributed by atoms with Crippen molar-refractivity contribution in [2.45, 2.75) is 13.1 Å². The third-order valence-corrected chi connectivity index (χ3v) is 3.36. The van der Waals surface area contributed by atoms with Crippen molar-refractivity contribution in [3.05, 3.63) is 47.9 Å². The van der Waals surface area contributed by atoms with Gasteiger partial charge in [0, 0.05) is 0 Å². The second kappa shape index (κ2) is 3.86. The van der Waals surface area contributed by atoms with Crippen LogP contribution in [-0.4, -0.2) is 15.5 Å². The Hall–Kier alpha value is -2.76. The molecule has 0 spiro atoms. The Bertz CT molecular complexity index is 829. The molecular weight excluding hydrogens is 254 g/mol. The molecule has 0 fully saturated rings. The maximum atomic E-state index is 5.85. The van der Waals surface area contributed by atoms with Crippen LogP contribution in [-0.2, 0) is 0 Å². The molecule has 4 rings (SSSR count). The number of anilines is 1. The second-order valence-electron chi connectivity index (χ2n) is 4.76. The molecule has 20 heavy (non-hydrogen) atoms. The lowest BCUT2D eigenvalue weighted by atomic mass is 10.3. The van der Waals surface area contributed by atoms with Crippen molar-refractivity contribution in [3.8, 4) is 0 Å². The largest absolute Gasteiger partial charge is 0.462 e. The normalized spacial score (nSPS) is 17.6. The molecule has 6 nitrogen and oxygen atoms in total. The van der Waals surface area contributed by atoms with E-state index >= 15 is 0 Å². The van der Waals surface area contributed by atoms with E-state index in [1.165, 1.54) is 0 Å². The van der Waals surface area contributed by atoms with Crippen molar-refractivity contribution in [3.63, 3.8) is 0 Å². The topological polar surface area (TPSA) is 81.4 Å². The average molecular weight is 267 g/mol. The number of aliphatic imine (C=N–C) groups is 1. The van der Waals surface area contributed by atoms with Crippen LogP contribution in [0, 0.1) is 6.92 Å². The molecular formula is C14H13N5O. The number of fused-ring (bicyclic) bond motifs is 3. The molecule has 0 saturated heterocycles. The van der Waals surface area contributed by atoms with E-state index in [1.54, 1.807) is 0 Å². The number of rotatable bonds is 1. The Morgan fingerprint density at radius 2 is 2.10 bits per heavy atom. The van der Waals surface area contributed by atoms with Crippen LogP contribution in [0.5, 0.6) is 0 Å². The number of nitrogens with zero attached hydrogens (tertiary/aromatic N) is 3. The predicted molar refractivity (Wildman–Crippen MR) is 76.6 cm³/mol. The number of benzene rings is 1. The van der Waals surface area contributed by atoms with Crippen molar-refractivity contribution < 1.29 is 4.42 Å². The molecule has 100 valence electrons. The van der Waals surface area contributed by atoms with Crippen molar-refractivity contribution in [1.82, 2.24) is 9.55 Å². The van der Waals surface area contributed by atoms with Gasteiger partial charge in [-0.15, -0.1) is 0 Å². The van der Waals surface area contributed by atoms with Gasteiger partial charge in [-0.25, -0.2) is 9.98 Å². The average Bonchev–Trinajstić information content (AvgIpc) is 3.00. The van der Waals surface area contributed by atoms with Crippen LogP contribution in [0.15, 0.2) is 45.8 Å². The Kier molecular flexibility index (Phi) is 2.14. The molecule has 0 unspecified atom stereocenters. The number of nitrogens with one attached hydrogen (secondary N) is 1. The highest BCUT2D eigenvalue weighted by atomic mass is 16.3. The van der Waals surface area contributed by atoms with Crippen molar-refractivity contribution in [2.75, 3.05) is 5.32 Å². The summed E-state index contributed by atoms with van der Waals surface area (Å²) in [6.07, 6.45) is -0.327. The lowest BCUT2D eigenvalue weighted by molar-refractivity contribution is 0.425. The Balaban J connectivity index is 1.98. The quantitative estimate of drug-likeness (QED) is 0.708. The summed E-state index contributed by atoms with van der Waals surface area (Å²) in [5.74, 6) is 2.61. The number of hydrogen-bond acceptors (Lipinski definition) is 5. The molecule has 0 saturated carbocycles. The number of hydrogen-bond donors (Lipinski definition) is 2. The zero-order valence-corrected chi connectivity index (χ0v) is 10.9. The third kappa shape index (κ3) is 1.51. The van der Waals surface area contributed by atoms with Gasteiger partial charge in [-0.05, 0) is 31.2 Å². The second-order valence-corrected chi connectivity index (χ2v) is 4.76. The minimum absolute atomic E-state index is 0.327. The van der Waals surface area contributed by atoms with E-state index in [1.807, 2.05) is 47.9 Å². The van der Waals surface area contributed by atoms with Crippen LogP contribution in [0.1, 0.15) is 17.7 Å². The van der Waals surface area contributed by atoms with Crippen LogP contribution in [0.3, 0.4) is 0 Å². The van der Waals surface area contributed by atoms with Gasteiger partial charge in [0.05, 0.1) is 11.0 Å². The summed E-state index contributed by atoms with van der Waals surface area (Å²) in [5, 5.41) is 2.99. The van der Waals surface area contributed by atoms with Gasteiger partial charge in [0.2, 0.25) is 5.95 Å². The molecule has 0 aliphatic carbocycles. The fraction of sp³-hybridized carbons (Fsp3) is 0.143. The van der Waals surface area contributed by atoms with Gasteiger partial charge in [-0.2, -0.15) is 0 Å². The van der Waals surface area contributed by atoms with Gasteiger partial charge in [0.15, 0.2) is 12.1 Å². The van der Waals surface area contributed by atoms with Gasteiger partial charge < -0.3 is 10.2 Å². The molecule has 1 aromatic carbocycles. The van der Waals surface area contributed by atoms with Crippen LogP contribution >= 0.6 is 0 Å². The first-order valence-corrected chi connectivity index (χ1v) is 6.36. The molecule has 3 N–H and O–H groups in total. The van der Waals surface area contributed by atoms with E-state index in [2.05, 4.69) is 15.3 Å². The minimum atomic E-state index is -0.327. The number of nitrogens with two attached hydrogens (primary N) is 1. The smallest absolute Gasteiger partial charge is 0.212 e. The zero-order chi connectivity index (χ0) is 13.7. The number of aromatic nitrogens is 2. The van der Waals surface area contributed by atoms with Gasteiger partial charge in [0.1, 0.15) is 11.5 Å². The minimum Gasteiger partial charge on any atom is -0.462 e. The standard InChI is InChI=1S/C14H13N5O/c1-8-6-7-11(20-8)12-17-13(15)18-14-16-9-4-2-3-5-10(9)19(12)14/h2-7,12H,1H3,(H3,15,16,17,18)/t12-/m1/s1. The first-order valence-electron chi connectivity index (χ1n) is 6.36. The van der Waals surface area contributed by atoms with E-state index in [9.17, 15) is 0 Å². The Morgan fingerprint density at radius 3 is 2.90 bits per heavy atom. The van der Waals surface area contributed by atoms with Crippen molar-refractivity contribution in [1.29, 1.82) is 0 Å². The highest BCUT2D eigenvalue weighted by molar-refractivity contribution is 5.94. The summed E-state index contributed by atoms with van der Waals surface area (Å²) in [6, 6.07) is 11.7.